The smallest absolute Gasteiger partial charge is 0.434 e. The normalized spacial score (nSPS) is 10.3. The van der Waals surface area contributed by atoms with E-state index in [0.717, 1.165) is 16.3 Å². The van der Waals surface area contributed by atoms with Gasteiger partial charge in [-0.25, -0.2) is 9.78 Å². The van der Waals surface area contributed by atoms with Gasteiger partial charge in [0.05, 0.1) is 6.61 Å². The van der Waals surface area contributed by atoms with Crippen LogP contribution >= 0.6 is 0 Å². The Labute approximate surface area is 150 Å². The van der Waals surface area contributed by atoms with Crippen molar-refractivity contribution in [1.82, 2.24) is 10.3 Å². The molecule has 0 aliphatic heterocycles. The highest BCUT2D eigenvalue weighted by Gasteiger charge is 2.11. The van der Waals surface area contributed by atoms with E-state index in [1.165, 1.54) is 12.3 Å². The average molecular weight is 350 g/mol. The molecule has 1 heterocycles. The van der Waals surface area contributed by atoms with Crippen molar-refractivity contribution in [3.05, 3.63) is 71.9 Å². The molecule has 132 valence electrons. The van der Waals surface area contributed by atoms with E-state index < -0.39 is 6.16 Å². The summed E-state index contributed by atoms with van der Waals surface area (Å²) in [6, 6.07) is 16.9. The zero-order valence-corrected chi connectivity index (χ0v) is 14.3. The minimum absolute atomic E-state index is 0.0151. The van der Waals surface area contributed by atoms with Gasteiger partial charge >= 0.3 is 6.16 Å². The standard InChI is InChI=1S/C20H18N2O4/c1-2-25-20(24)26-18-12-15(10-11-21-18)19(23)22-13-16-8-5-7-14-6-3-4-9-17(14)16/h3-12H,2,13H2,1H3,(H,22,23). The highest BCUT2D eigenvalue weighted by Crippen LogP contribution is 2.18. The first kappa shape index (κ1) is 17.4. The van der Waals surface area contributed by atoms with E-state index in [9.17, 15) is 9.59 Å². The van der Waals surface area contributed by atoms with Gasteiger partial charge in [-0.3, -0.25) is 4.79 Å². The third-order valence-corrected chi connectivity index (χ3v) is 3.77. The molecule has 1 aromatic heterocycles. The molecule has 0 fully saturated rings. The average Bonchev–Trinajstić information content (AvgIpc) is 2.66. The van der Waals surface area contributed by atoms with Crippen molar-refractivity contribution in [3.63, 3.8) is 0 Å². The first-order valence-electron chi connectivity index (χ1n) is 8.23. The Morgan fingerprint density at radius 2 is 1.88 bits per heavy atom. The van der Waals surface area contributed by atoms with E-state index in [2.05, 4.69) is 10.3 Å². The van der Waals surface area contributed by atoms with E-state index in [4.69, 9.17) is 9.47 Å². The largest absolute Gasteiger partial charge is 0.515 e. The van der Waals surface area contributed by atoms with Gasteiger partial charge in [0.1, 0.15) is 0 Å². The zero-order valence-electron chi connectivity index (χ0n) is 14.3. The van der Waals surface area contributed by atoms with Gasteiger partial charge in [-0.1, -0.05) is 42.5 Å². The minimum atomic E-state index is -0.853. The Morgan fingerprint density at radius 1 is 1.08 bits per heavy atom. The second-order valence-corrected chi connectivity index (χ2v) is 5.49. The fraction of sp³-hybridized carbons (Fsp3) is 0.150. The van der Waals surface area contributed by atoms with Crippen LogP contribution in [0.25, 0.3) is 10.8 Å². The molecule has 0 spiro atoms. The van der Waals surface area contributed by atoms with Crippen molar-refractivity contribution in [2.45, 2.75) is 13.5 Å². The third-order valence-electron chi connectivity index (χ3n) is 3.77. The lowest BCUT2D eigenvalue weighted by atomic mass is 10.0. The number of pyridine rings is 1. The van der Waals surface area contributed by atoms with Gasteiger partial charge in [0.25, 0.3) is 5.91 Å². The van der Waals surface area contributed by atoms with Crippen LogP contribution < -0.4 is 10.1 Å². The van der Waals surface area contributed by atoms with Crippen LogP contribution in [0.2, 0.25) is 0 Å². The van der Waals surface area contributed by atoms with Crippen LogP contribution in [0.1, 0.15) is 22.8 Å². The van der Waals surface area contributed by atoms with Crippen molar-refractivity contribution in [2.75, 3.05) is 6.61 Å². The number of hydrogen-bond donors (Lipinski definition) is 1. The summed E-state index contributed by atoms with van der Waals surface area (Å²) in [5.41, 5.74) is 1.37. The van der Waals surface area contributed by atoms with Gasteiger partial charge in [-0.2, -0.15) is 0 Å². The number of amides is 1. The number of aromatic nitrogens is 1. The maximum Gasteiger partial charge on any atom is 0.515 e. The molecule has 3 aromatic rings. The SMILES string of the molecule is CCOC(=O)Oc1cc(C(=O)NCc2cccc3ccccc23)ccn1. The second-order valence-electron chi connectivity index (χ2n) is 5.49. The highest BCUT2D eigenvalue weighted by atomic mass is 16.7. The molecule has 0 aliphatic carbocycles. The Kier molecular flexibility index (Phi) is 5.43. The quantitative estimate of drug-likeness (QED) is 0.710. The molecule has 0 saturated carbocycles. The lowest BCUT2D eigenvalue weighted by Gasteiger charge is -2.09. The first-order valence-corrected chi connectivity index (χ1v) is 8.23. The maximum absolute atomic E-state index is 12.4. The number of nitrogens with one attached hydrogen (secondary N) is 1. The number of fused-ring (bicyclic) bond motifs is 1. The van der Waals surface area contributed by atoms with Crippen molar-refractivity contribution in [2.24, 2.45) is 0 Å². The summed E-state index contributed by atoms with van der Waals surface area (Å²) in [6.07, 6.45) is 0.551. The molecule has 6 nitrogen and oxygen atoms in total. The van der Waals surface area contributed by atoms with Crippen molar-refractivity contribution >= 4 is 22.8 Å². The van der Waals surface area contributed by atoms with Crippen LogP contribution in [0, 0.1) is 0 Å². The van der Waals surface area contributed by atoms with Crippen molar-refractivity contribution < 1.29 is 19.1 Å². The molecule has 0 atom stereocenters. The van der Waals surface area contributed by atoms with Crippen LogP contribution in [0.15, 0.2) is 60.8 Å². The molecular formula is C20H18N2O4. The molecular weight excluding hydrogens is 332 g/mol. The summed E-state index contributed by atoms with van der Waals surface area (Å²) in [4.78, 5) is 27.7. The Balaban J connectivity index is 1.69. The molecule has 0 aliphatic rings. The van der Waals surface area contributed by atoms with Gasteiger partial charge in [-0.05, 0) is 29.3 Å². The molecule has 0 radical (unpaired) electrons. The topological polar surface area (TPSA) is 77.5 Å². The van der Waals surface area contributed by atoms with Crippen LogP contribution in [-0.4, -0.2) is 23.7 Å². The number of hydrogen-bond acceptors (Lipinski definition) is 5. The summed E-state index contributed by atoms with van der Waals surface area (Å²) in [5, 5.41) is 5.09. The monoisotopic (exact) mass is 350 g/mol. The minimum Gasteiger partial charge on any atom is -0.434 e. The van der Waals surface area contributed by atoms with Gasteiger partial charge in [0, 0.05) is 24.4 Å². The summed E-state index contributed by atoms with van der Waals surface area (Å²) in [5.74, 6) is -0.268. The molecule has 3 rings (SSSR count). The maximum atomic E-state index is 12.4. The molecule has 0 saturated heterocycles. The lowest BCUT2D eigenvalue weighted by Crippen LogP contribution is -2.23. The summed E-state index contributed by atoms with van der Waals surface area (Å²) < 4.78 is 9.60. The third kappa shape index (κ3) is 4.16. The predicted octanol–water partition coefficient (Wildman–Crippen LogP) is 3.70. The van der Waals surface area contributed by atoms with Crippen molar-refractivity contribution in [1.29, 1.82) is 0 Å². The van der Waals surface area contributed by atoms with Gasteiger partial charge in [0.15, 0.2) is 0 Å². The van der Waals surface area contributed by atoms with Crippen LogP contribution in [0.5, 0.6) is 5.88 Å². The number of ether oxygens (including phenoxy) is 2. The second kappa shape index (κ2) is 8.11. The van der Waals surface area contributed by atoms with Gasteiger partial charge in [0.2, 0.25) is 5.88 Å². The van der Waals surface area contributed by atoms with E-state index in [-0.39, 0.29) is 18.4 Å². The molecule has 2 aromatic carbocycles. The summed E-state index contributed by atoms with van der Waals surface area (Å²) >= 11 is 0. The summed E-state index contributed by atoms with van der Waals surface area (Å²) in [6.45, 7) is 2.26. The number of carbonyl (C=O) groups is 2. The Hall–Kier alpha value is -3.41. The van der Waals surface area contributed by atoms with E-state index in [1.54, 1.807) is 13.0 Å². The Bertz CT molecular complexity index is 935. The molecule has 1 amide bonds. The van der Waals surface area contributed by atoms with E-state index >= 15 is 0 Å². The number of nitrogens with zero attached hydrogens (tertiary/aromatic N) is 1. The number of carbonyl (C=O) groups excluding carboxylic acids is 2. The van der Waals surface area contributed by atoms with Crippen molar-refractivity contribution in [3.8, 4) is 5.88 Å². The molecule has 26 heavy (non-hydrogen) atoms. The number of rotatable bonds is 5. The molecule has 1 N–H and O–H groups in total. The number of benzene rings is 2. The fourth-order valence-corrected chi connectivity index (χ4v) is 2.56. The molecule has 0 bridgehead atoms. The summed E-state index contributed by atoms with van der Waals surface area (Å²) in [7, 11) is 0. The van der Waals surface area contributed by atoms with Crippen LogP contribution in [0.3, 0.4) is 0 Å². The first-order chi connectivity index (χ1) is 12.7. The van der Waals surface area contributed by atoms with Crippen LogP contribution in [-0.2, 0) is 11.3 Å². The van der Waals surface area contributed by atoms with Crippen LogP contribution in [0.4, 0.5) is 4.79 Å². The lowest BCUT2D eigenvalue weighted by molar-refractivity contribution is 0.0943. The fourth-order valence-electron chi connectivity index (χ4n) is 2.56. The van der Waals surface area contributed by atoms with Gasteiger partial charge in [-0.15, -0.1) is 0 Å². The molecule has 0 unspecified atom stereocenters. The van der Waals surface area contributed by atoms with E-state index in [0.29, 0.717) is 12.1 Å². The zero-order chi connectivity index (χ0) is 18.4. The van der Waals surface area contributed by atoms with E-state index in [1.807, 2.05) is 42.5 Å². The predicted molar refractivity (Wildman–Crippen MR) is 97.0 cm³/mol. The highest BCUT2D eigenvalue weighted by molar-refractivity contribution is 5.95. The molecule has 6 heteroatoms. The Morgan fingerprint density at radius 3 is 2.73 bits per heavy atom. The van der Waals surface area contributed by atoms with Gasteiger partial charge < -0.3 is 14.8 Å².